The lowest BCUT2D eigenvalue weighted by molar-refractivity contribution is 0.333. The molecule has 1 aliphatic rings. The number of rotatable bonds is 9. The lowest BCUT2D eigenvalue weighted by Crippen LogP contribution is -2.39. The first kappa shape index (κ1) is 20.5. The van der Waals surface area contributed by atoms with Crippen LogP contribution in [-0.2, 0) is 18.6 Å². The summed E-state index contributed by atoms with van der Waals surface area (Å²) in [6, 6.07) is 15.1. The second kappa shape index (κ2) is 9.35. The average Bonchev–Trinajstić information content (AvgIpc) is 3.47. The van der Waals surface area contributed by atoms with Gasteiger partial charge in [-0.1, -0.05) is 31.0 Å². The molecule has 0 bridgehead atoms. The molecule has 1 fully saturated rings. The molecular weight excluding hydrogens is 374 g/mol. The van der Waals surface area contributed by atoms with Gasteiger partial charge in [0.1, 0.15) is 11.5 Å². The van der Waals surface area contributed by atoms with Crippen molar-refractivity contribution in [1.29, 1.82) is 0 Å². The number of aromatic nitrogens is 2. The van der Waals surface area contributed by atoms with E-state index >= 15 is 0 Å². The van der Waals surface area contributed by atoms with Gasteiger partial charge in [-0.25, -0.2) is 4.98 Å². The number of benzene rings is 2. The molecule has 3 aromatic rings. The van der Waals surface area contributed by atoms with Crippen molar-refractivity contribution in [3.63, 3.8) is 0 Å². The molecule has 158 valence electrons. The van der Waals surface area contributed by atoms with Gasteiger partial charge >= 0.3 is 0 Å². The first-order chi connectivity index (χ1) is 14.7. The van der Waals surface area contributed by atoms with E-state index in [1.807, 2.05) is 25.6 Å². The number of nitrogens with one attached hydrogen (secondary N) is 1. The molecular formula is C25H31N3O2. The highest BCUT2D eigenvalue weighted by Crippen LogP contribution is 2.39. The van der Waals surface area contributed by atoms with Crippen LogP contribution in [0.4, 0.5) is 0 Å². The van der Waals surface area contributed by atoms with Gasteiger partial charge in [-0.3, -0.25) is 0 Å². The Morgan fingerprint density at radius 3 is 2.57 bits per heavy atom. The summed E-state index contributed by atoms with van der Waals surface area (Å²) in [5.74, 6) is 1.85. The summed E-state index contributed by atoms with van der Waals surface area (Å²) in [6.07, 6.45) is 10.5. The maximum absolute atomic E-state index is 5.86. The van der Waals surface area contributed by atoms with Crippen LogP contribution >= 0.6 is 0 Å². The lowest BCUT2D eigenvalue weighted by atomic mass is 9.87. The van der Waals surface area contributed by atoms with Crippen molar-refractivity contribution in [2.45, 2.75) is 51.2 Å². The zero-order chi connectivity index (χ0) is 20.8. The Hall–Kier alpha value is -2.79. The SMILES string of the molecule is CCOc1ccc(CNC2(c3ccc(OC)cc3)CCCC2)cc1Cn1ccnc1. The summed E-state index contributed by atoms with van der Waals surface area (Å²) < 4.78 is 13.3. The third-order valence-corrected chi connectivity index (χ3v) is 6.07. The van der Waals surface area contributed by atoms with E-state index in [0.717, 1.165) is 37.4 Å². The summed E-state index contributed by atoms with van der Waals surface area (Å²) in [6.45, 7) is 4.27. The van der Waals surface area contributed by atoms with Crippen LogP contribution in [0.15, 0.2) is 61.2 Å². The second-order valence-corrected chi connectivity index (χ2v) is 7.98. The first-order valence-corrected chi connectivity index (χ1v) is 10.8. The summed E-state index contributed by atoms with van der Waals surface area (Å²) in [4.78, 5) is 4.16. The minimum atomic E-state index is 0.0371. The third-order valence-electron chi connectivity index (χ3n) is 6.07. The molecule has 0 radical (unpaired) electrons. The van der Waals surface area contributed by atoms with Gasteiger partial charge in [-0.2, -0.15) is 0 Å². The first-order valence-electron chi connectivity index (χ1n) is 10.8. The summed E-state index contributed by atoms with van der Waals surface area (Å²) >= 11 is 0. The highest BCUT2D eigenvalue weighted by Gasteiger charge is 2.35. The molecule has 1 saturated carbocycles. The Morgan fingerprint density at radius 2 is 1.90 bits per heavy atom. The third kappa shape index (κ3) is 4.51. The van der Waals surface area contributed by atoms with Gasteiger partial charge < -0.3 is 19.4 Å². The Bertz CT molecular complexity index is 930. The molecule has 0 saturated heterocycles. The molecule has 0 amide bonds. The number of hydrogen-bond acceptors (Lipinski definition) is 4. The van der Waals surface area contributed by atoms with Gasteiger partial charge in [-0.05, 0) is 55.2 Å². The van der Waals surface area contributed by atoms with Crippen LogP contribution in [0.2, 0.25) is 0 Å². The lowest BCUT2D eigenvalue weighted by Gasteiger charge is -2.31. The van der Waals surface area contributed by atoms with E-state index in [1.54, 1.807) is 7.11 Å². The monoisotopic (exact) mass is 405 g/mol. The van der Waals surface area contributed by atoms with Gasteiger partial charge in [0.15, 0.2) is 0 Å². The number of nitrogens with zero attached hydrogens (tertiary/aromatic N) is 2. The van der Waals surface area contributed by atoms with Crippen LogP contribution in [0, 0.1) is 0 Å². The molecule has 1 aliphatic carbocycles. The van der Waals surface area contributed by atoms with Crippen molar-refractivity contribution < 1.29 is 9.47 Å². The van der Waals surface area contributed by atoms with Crippen molar-refractivity contribution in [3.8, 4) is 11.5 Å². The van der Waals surface area contributed by atoms with Crippen molar-refractivity contribution in [2.24, 2.45) is 0 Å². The minimum absolute atomic E-state index is 0.0371. The molecule has 0 atom stereocenters. The average molecular weight is 406 g/mol. The fraction of sp³-hybridized carbons (Fsp3) is 0.400. The predicted molar refractivity (Wildman–Crippen MR) is 119 cm³/mol. The van der Waals surface area contributed by atoms with Crippen molar-refractivity contribution in [1.82, 2.24) is 14.9 Å². The van der Waals surface area contributed by atoms with Crippen LogP contribution in [-0.4, -0.2) is 23.3 Å². The molecule has 1 heterocycles. The normalized spacial score (nSPS) is 15.3. The van der Waals surface area contributed by atoms with E-state index in [0.29, 0.717) is 6.61 Å². The minimum Gasteiger partial charge on any atom is -0.497 e. The molecule has 1 aromatic heterocycles. The largest absolute Gasteiger partial charge is 0.497 e. The molecule has 2 aromatic carbocycles. The van der Waals surface area contributed by atoms with E-state index in [-0.39, 0.29) is 5.54 Å². The summed E-state index contributed by atoms with van der Waals surface area (Å²) in [7, 11) is 1.71. The molecule has 30 heavy (non-hydrogen) atoms. The van der Waals surface area contributed by atoms with Gasteiger partial charge in [0.05, 0.1) is 26.6 Å². The van der Waals surface area contributed by atoms with Gasteiger partial charge in [0.25, 0.3) is 0 Å². The highest BCUT2D eigenvalue weighted by molar-refractivity contribution is 5.38. The van der Waals surface area contributed by atoms with Crippen molar-refractivity contribution >= 4 is 0 Å². The number of imidazole rings is 1. The van der Waals surface area contributed by atoms with Crippen LogP contribution in [0.3, 0.4) is 0 Å². The Kier molecular flexibility index (Phi) is 6.38. The molecule has 0 unspecified atom stereocenters. The summed E-state index contributed by atoms with van der Waals surface area (Å²) in [5.41, 5.74) is 3.84. The van der Waals surface area contributed by atoms with Crippen LogP contribution in [0.25, 0.3) is 0 Å². The summed E-state index contributed by atoms with van der Waals surface area (Å²) in [5, 5.41) is 3.90. The zero-order valence-corrected chi connectivity index (χ0v) is 17.9. The Labute approximate surface area is 179 Å². The predicted octanol–water partition coefficient (Wildman–Crippen LogP) is 4.90. The second-order valence-electron chi connectivity index (χ2n) is 7.98. The van der Waals surface area contributed by atoms with Crippen LogP contribution in [0.5, 0.6) is 11.5 Å². The highest BCUT2D eigenvalue weighted by atomic mass is 16.5. The van der Waals surface area contributed by atoms with E-state index < -0.39 is 0 Å². The van der Waals surface area contributed by atoms with Gasteiger partial charge in [0, 0.05) is 30.0 Å². The van der Waals surface area contributed by atoms with Crippen molar-refractivity contribution in [2.75, 3.05) is 13.7 Å². The molecule has 5 heteroatoms. The maximum atomic E-state index is 5.86. The molecule has 4 rings (SSSR count). The van der Waals surface area contributed by atoms with Gasteiger partial charge in [-0.15, -0.1) is 0 Å². The Balaban J connectivity index is 1.53. The van der Waals surface area contributed by atoms with E-state index in [2.05, 4.69) is 57.3 Å². The quantitative estimate of drug-likeness (QED) is 0.550. The fourth-order valence-electron chi connectivity index (χ4n) is 4.47. The van der Waals surface area contributed by atoms with E-state index in [9.17, 15) is 0 Å². The molecule has 5 nitrogen and oxygen atoms in total. The zero-order valence-electron chi connectivity index (χ0n) is 17.9. The number of ether oxygens (including phenoxy) is 2. The molecule has 0 spiro atoms. The Morgan fingerprint density at radius 1 is 1.10 bits per heavy atom. The topological polar surface area (TPSA) is 48.3 Å². The van der Waals surface area contributed by atoms with Gasteiger partial charge in [0.2, 0.25) is 0 Å². The van der Waals surface area contributed by atoms with Crippen LogP contribution in [0.1, 0.15) is 49.3 Å². The van der Waals surface area contributed by atoms with Crippen molar-refractivity contribution in [3.05, 3.63) is 77.9 Å². The van der Waals surface area contributed by atoms with Crippen LogP contribution < -0.4 is 14.8 Å². The number of methoxy groups -OCH3 is 1. The molecule has 1 N–H and O–H groups in total. The standard InChI is InChI=1S/C25H31N3O2/c1-3-30-24-11-6-20(16-21(24)18-28-15-14-26-19-28)17-27-25(12-4-5-13-25)22-7-9-23(29-2)10-8-22/h6-11,14-16,19,27H,3-5,12-13,17-18H2,1-2H3. The number of hydrogen-bond donors (Lipinski definition) is 1. The smallest absolute Gasteiger partial charge is 0.124 e. The maximum Gasteiger partial charge on any atom is 0.124 e. The fourth-order valence-corrected chi connectivity index (χ4v) is 4.47. The van der Waals surface area contributed by atoms with E-state index in [1.165, 1.54) is 29.5 Å². The molecule has 0 aliphatic heterocycles. The van der Waals surface area contributed by atoms with E-state index in [4.69, 9.17) is 9.47 Å².